The lowest BCUT2D eigenvalue weighted by Crippen LogP contribution is -2.22. The average Bonchev–Trinajstić information content (AvgIpc) is 2.05. The van der Waals surface area contributed by atoms with Gasteiger partial charge in [0.15, 0.2) is 0 Å². The van der Waals surface area contributed by atoms with Gasteiger partial charge >= 0.3 is 0 Å². The summed E-state index contributed by atoms with van der Waals surface area (Å²) in [6.07, 6.45) is 2.69. The summed E-state index contributed by atoms with van der Waals surface area (Å²) in [5.74, 6) is 1.74. The van der Waals surface area contributed by atoms with E-state index < -0.39 is 0 Å². The first-order chi connectivity index (χ1) is 6.06. The molecule has 1 heteroatoms. The van der Waals surface area contributed by atoms with E-state index in [9.17, 15) is 0 Å². The highest BCUT2D eigenvalue weighted by atomic mass is 15.1. The summed E-state index contributed by atoms with van der Waals surface area (Å²) < 4.78 is 0. The maximum atomic E-state index is 2.30. The van der Waals surface area contributed by atoms with Crippen molar-refractivity contribution >= 4 is 0 Å². The minimum absolute atomic E-state index is 0.847. The fraction of sp³-hybridized carbons (Fsp3) is 1.00. The Morgan fingerprint density at radius 2 is 1.54 bits per heavy atom. The van der Waals surface area contributed by atoms with Crippen molar-refractivity contribution in [3.63, 3.8) is 0 Å². The fourth-order valence-corrected chi connectivity index (χ4v) is 1.55. The summed E-state index contributed by atoms with van der Waals surface area (Å²) in [6.45, 7) is 12.1. The number of hydrogen-bond acceptors (Lipinski definition) is 1. The molecule has 1 unspecified atom stereocenters. The summed E-state index contributed by atoms with van der Waals surface area (Å²) in [5.41, 5.74) is 0. The molecule has 82 valence electrons. The first-order valence-corrected chi connectivity index (χ1v) is 5.71. The van der Waals surface area contributed by atoms with Crippen molar-refractivity contribution in [3.05, 3.63) is 0 Å². The van der Waals surface area contributed by atoms with Crippen LogP contribution in [0.3, 0.4) is 0 Å². The van der Waals surface area contributed by atoms with Crippen molar-refractivity contribution in [2.75, 3.05) is 20.6 Å². The Morgan fingerprint density at radius 3 is 1.77 bits per heavy atom. The van der Waals surface area contributed by atoms with Crippen LogP contribution in [0.25, 0.3) is 0 Å². The van der Waals surface area contributed by atoms with Crippen molar-refractivity contribution < 1.29 is 0 Å². The van der Waals surface area contributed by atoms with Crippen molar-refractivity contribution in [1.82, 2.24) is 4.90 Å². The van der Waals surface area contributed by atoms with Crippen LogP contribution in [-0.2, 0) is 0 Å². The van der Waals surface area contributed by atoms with Crippen LogP contribution >= 0.6 is 0 Å². The molecule has 0 spiro atoms. The molecule has 13 heavy (non-hydrogen) atoms. The molecule has 0 rings (SSSR count). The van der Waals surface area contributed by atoms with Gasteiger partial charge in [0.2, 0.25) is 0 Å². The molecular weight excluding hydrogens is 158 g/mol. The first-order valence-electron chi connectivity index (χ1n) is 5.71. The molecule has 0 aliphatic rings. The van der Waals surface area contributed by atoms with E-state index >= 15 is 0 Å². The zero-order valence-corrected chi connectivity index (χ0v) is 10.7. The van der Waals surface area contributed by atoms with Gasteiger partial charge in [-0.15, -0.1) is 0 Å². The molecule has 1 atom stereocenters. The molecule has 0 aromatic heterocycles. The molecule has 0 N–H and O–H groups in total. The second kappa shape index (κ2) is 10.0. The molecule has 0 radical (unpaired) electrons. The van der Waals surface area contributed by atoms with Gasteiger partial charge in [-0.25, -0.2) is 0 Å². The zero-order valence-electron chi connectivity index (χ0n) is 10.7. The van der Waals surface area contributed by atoms with Crippen LogP contribution in [0.15, 0.2) is 0 Å². The second-order valence-electron chi connectivity index (χ2n) is 4.17. The maximum absolute atomic E-state index is 2.30. The topological polar surface area (TPSA) is 3.24 Å². The molecule has 0 saturated heterocycles. The third-order valence-corrected chi connectivity index (χ3v) is 2.01. The molecule has 0 saturated carbocycles. The Morgan fingerprint density at radius 1 is 1.08 bits per heavy atom. The van der Waals surface area contributed by atoms with Crippen molar-refractivity contribution in [1.29, 1.82) is 0 Å². The molecule has 0 aromatic carbocycles. The second-order valence-corrected chi connectivity index (χ2v) is 4.17. The van der Waals surface area contributed by atoms with Crippen LogP contribution in [0.2, 0.25) is 0 Å². The largest absolute Gasteiger partial charge is 0.309 e. The Bertz CT molecular complexity index is 77.1. The Labute approximate surface area is 85.5 Å². The predicted molar refractivity (Wildman–Crippen MR) is 63.1 cm³/mol. The van der Waals surface area contributed by atoms with E-state index in [0.29, 0.717) is 0 Å². The normalized spacial score (nSPS) is 12.7. The smallest absolute Gasteiger partial charge is 0.000355 e. The lowest BCUT2D eigenvalue weighted by Gasteiger charge is -2.20. The minimum Gasteiger partial charge on any atom is -0.309 e. The molecule has 0 amide bonds. The van der Waals surface area contributed by atoms with Crippen LogP contribution in [0, 0.1) is 11.8 Å². The summed E-state index contributed by atoms with van der Waals surface area (Å²) in [7, 11) is 4.31. The van der Waals surface area contributed by atoms with Crippen LogP contribution in [0.5, 0.6) is 0 Å². The van der Waals surface area contributed by atoms with Crippen LogP contribution in [0.1, 0.15) is 47.5 Å². The number of nitrogens with zero attached hydrogens (tertiary/aromatic N) is 1. The van der Waals surface area contributed by atoms with Crippen LogP contribution < -0.4 is 0 Å². The fourth-order valence-electron chi connectivity index (χ4n) is 1.55. The van der Waals surface area contributed by atoms with E-state index in [2.05, 4.69) is 39.8 Å². The SMILES string of the molecule is CC.CCC(CC(C)C)CN(C)C. The minimum atomic E-state index is 0.847. The molecule has 0 heterocycles. The van der Waals surface area contributed by atoms with E-state index in [1.807, 2.05) is 13.8 Å². The van der Waals surface area contributed by atoms with Crippen molar-refractivity contribution in [2.24, 2.45) is 11.8 Å². The van der Waals surface area contributed by atoms with Gasteiger partial charge < -0.3 is 4.90 Å². The summed E-state index contributed by atoms with van der Waals surface area (Å²) in [6, 6.07) is 0. The lowest BCUT2D eigenvalue weighted by atomic mass is 9.94. The van der Waals surface area contributed by atoms with E-state index in [1.54, 1.807) is 0 Å². The maximum Gasteiger partial charge on any atom is 0.000355 e. The predicted octanol–water partition coefficient (Wildman–Crippen LogP) is 3.65. The van der Waals surface area contributed by atoms with Crippen molar-refractivity contribution in [3.8, 4) is 0 Å². The van der Waals surface area contributed by atoms with Gasteiger partial charge in [0.05, 0.1) is 0 Å². The molecule has 0 aromatic rings. The standard InChI is InChI=1S/C10H23N.C2H6/c1-6-10(7-9(2)3)8-11(4)5;1-2/h9-10H,6-8H2,1-5H3;1-2H3. The number of hydrogen-bond donors (Lipinski definition) is 0. The van der Waals surface area contributed by atoms with Gasteiger partial charge in [-0.05, 0) is 32.4 Å². The monoisotopic (exact) mass is 187 g/mol. The molecule has 0 bridgehead atoms. The third kappa shape index (κ3) is 12.0. The quantitative estimate of drug-likeness (QED) is 0.635. The summed E-state index contributed by atoms with van der Waals surface area (Å²) in [5, 5.41) is 0. The molecule has 0 fully saturated rings. The molecule has 1 nitrogen and oxygen atoms in total. The van der Waals surface area contributed by atoms with Gasteiger partial charge in [0.25, 0.3) is 0 Å². The highest BCUT2D eigenvalue weighted by Gasteiger charge is 2.08. The Hall–Kier alpha value is -0.0400. The summed E-state index contributed by atoms with van der Waals surface area (Å²) in [4.78, 5) is 2.29. The van der Waals surface area contributed by atoms with E-state index in [1.165, 1.54) is 19.4 Å². The highest BCUT2D eigenvalue weighted by molar-refractivity contribution is 4.62. The van der Waals surface area contributed by atoms with E-state index in [0.717, 1.165) is 11.8 Å². The Balaban J connectivity index is 0. The first kappa shape index (κ1) is 15.4. The summed E-state index contributed by atoms with van der Waals surface area (Å²) >= 11 is 0. The molecule has 0 aliphatic carbocycles. The van der Waals surface area contributed by atoms with Crippen molar-refractivity contribution in [2.45, 2.75) is 47.5 Å². The molecule has 0 aliphatic heterocycles. The van der Waals surface area contributed by atoms with Gasteiger partial charge in [0.1, 0.15) is 0 Å². The average molecular weight is 187 g/mol. The third-order valence-electron chi connectivity index (χ3n) is 2.01. The van der Waals surface area contributed by atoms with Gasteiger partial charge in [-0.1, -0.05) is 41.0 Å². The highest BCUT2D eigenvalue weighted by Crippen LogP contribution is 2.15. The Kier molecular flexibility index (Phi) is 11.9. The molecular formula is C12H29N. The van der Waals surface area contributed by atoms with Gasteiger partial charge in [-0.3, -0.25) is 0 Å². The lowest BCUT2D eigenvalue weighted by molar-refractivity contribution is 0.283. The van der Waals surface area contributed by atoms with E-state index in [4.69, 9.17) is 0 Å². The van der Waals surface area contributed by atoms with Crippen LogP contribution in [-0.4, -0.2) is 25.5 Å². The van der Waals surface area contributed by atoms with Gasteiger partial charge in [-0.2, -0.15) is 0 Å². The zero-order chi connectivity index (χ0) is 10.9. The van der Waals surface area contributed by atoms with Crippen LogP contribution in [0.4, 0.5) is 0 Å². The van der Waals surface area contributed by atoms with Gasteiger partial charge in [0, 0.05) is 6.54 Å². The van der Waals surface area contributed by atoms with E-state index in [-0.39, 0.29) is 0 Å². The number of rotatable bonds is 5.